The van der Waals surface area contributed by atoms with Gasteiger partial charge in [-0.05, 0) is 31.0 Å². The van der Waals surface area contributed by atoms with Gasteiger partial charge in [-0.25, -0.2) is 8.42 Å². The summed E-state index contributed by atoms with van der Waals surface area (Å²) in [6.45, 7) is 0.947. The summed E-state index contributed by atoms with van der Waals surface area (Å²) in [5.41, 5.74) is -1.17. The summed E-state index contributed by atoms with van der Waals surface area (Å²) >= 11 is 5.58. The van der Waals surface area contributed by atoms with E-state index in [1.807, 2.05) is 0 Å². The van der Waals surface area contributed by atoms with Gasteiger partial charge < -0.3 is 9.47 Å². The van der Waals surface area contributed by atoms with Crippen molar-refractivity contribution in [1.29, 1.82) is 0 Å². The van der Waals surface area contributed by atoms with Gasteiger partial charge in [0, 0.05) is 6.54 Å². The molecule has 2 aliphatic rings. The Labute approximate surface area is 148 Å². The van der Waals surface area contributed by atoms with E-state index in [9.17, 15) is 21.6 Å². The Morgan fingerprint density at radius 1 is 1.16 bits per heavy atom. The number of sulfonamides is 1. The van der Waals surface area contributed by atoms with Gasteiger partial charge in [-0.2, -0.15) is 17.5 Å². The van der Waals surface area contributed by atoms with Crippen LogP contribution >= 0.6 is 11.6 Å². The topological polar surface area (TPSA) is 55.8 Å². The first-order chi connectivity index (χ1) is 11.7. The molecule has 0 saturated carbocycles. The van der Waals surface area contributed by atoms with Gasteiger partial charge in [0.1, 0.15) is 0 Å². The fourth-order valence-corrected chi connectivity index (χ4v) is 5.05. The summed E-state index contributed by atoms with van der Waals surface area (Å²) in [4.78, 5) is -0.436. The number of halogens is 4. The van der Waals surface area contributed by atoms with E-state index in [1.165, 1.54) is 4.31 Å². The molecule has 3 rings (SSSR count). The zero-order chi connectivity index (χ0) is 18.2. The van der Waals surface area contributed by atoms with Gasteiger partial charge in [-0.15, -0.1) is 0 Å². The molecular weight excluding hydrogens is 383 g/mol. The first-order valence-corrected chi connectivity index (χ1v) is 9.65. The highest BCUT2D eigenvalue weighted by Crippen LogP contribution is 2.37. The van der Waals surface area contributed by atoms with Crippen LogP contribution in [0, 0.1) is 0 Å². The molecule has 2 fully saturated rings. The van der Waals surface area contributed by atoms with Crippen LogP contribution in [0.15, 0.2) is 23.1 Å². The Balaban J connectivity index is 1.97. The molecule has 2 saturated heterocycles. The molecule has 1 aromatic rings. The predicted molar refractivity (Wildman–Crippen MR) is 83.7 cm³/mol. The molecule has 0 N–H and O–H groups in total. The van der Waals surface area contributed by atoms with Crippen molar-refractivity contribution in [2.24, 2.45) is 0 Å². The second kappa shape index (κ2) is 7.03. The van der Waals surface area contributed by atoms with Crippen LogP contribution in [0.2, 0.25) is 5.02 Å². The SMILES string of the molecule is O=S(=O)(c1ccc(Cl)c(C(F)(F)F)c1)N1CCCCC1C1OCCO1. The fourth-order valence-electron chi connectivity index (χ4n) is 3.12. The molecule has 140 valence electrons. The molecule has 25 heavy (non-hydrogen) atoms. The number of rotatable bonds is 3. The molecule has 1 aromatic carbocycles. The molecule has 0 amide bonds. The monoisotopic (exact) mass is 399 g/mol. The van der Waals surface area contributed by atoms with E-state index in [0.717, 1.165) is 18.6 Å². The normalized spacial score (nSPS) is 23.9. The largest absolute Gasteiger partial charge is 0.417 e. The van der Waals surface area contributed by atoms with Crippen LogP contribution in [-0.4, -0.2) is 44.8 Å². The van der Waals surface area contributed by atoms with Crippen LogP contribution in [0.3, 0.4) is 0 Å². The highest BCUT2D eigenvalue weighted by atomic mass is 35.5. The van der Waals surface area contributed by atoms with Crippen LogP contribution in [0.4, 0.5) is 13.2 Å². The summed E-state index contributed by atoms with van der Waals surface area (Å²) in [5, 5.41) is -0.538. The highest BCUT2D eigenvalue weighted by Gasteiger charge is 2.41. The van der Waals surface area contributed by atoms with Crippen LogP contribution < -0.4 is 0 Å². The van der Waals surface area contributed by atoms with E-state index in [4.69, 9.17) is 21.1 Å². The Morgan fingerprint density at radius 2 is 1.84 bits per heavy atom. The van der Waals surface area contributed by atoms with E-state index in [2.05, 4.69) is 0 Å². The van der Waals surface area contributed by atoms with E-state index in [0.29, 0.717) is 32.1 Å². The lowest BCUT2D eigenvalue weighted by Crippen LogP contribution is -2.50. The number of nitrogens with zero attached hydrogens (tertiary/aromatic N) is 1. The predicted octanol–water partition coefficient (Wildman–Crippen LogP) is 3.27. The third kappa shape index (κ3) is 3.80. The maximum absolute atomic E-state index is 13.0. The molecule has 0 aromatic heterocycles. The number of ether oxygens (including phenoxy) is 2. The molecule has 0 radical (unpaired) electrons. The van der Waals surface area contributed by atoms with Gasteiger partial charge >= 0.3 is 6.18 Å². The van der Waals surface area contributed by atoms with Crippen molar-refractivity contribution >= 4 is 21.6 Å². The molecule has 2 aliphatic heterocycles. The summed E-state index contributed by atoms with van der Waals surface area (Å²) in [6.07, 6.45) is -3.47. The van der Waals surface area contributed by atoms with Crippen molar-refractivity contribution in [2.45, 2.75) is 42.7 Å². The van der Waals surface area contributed by atoms with Gasteiger partial charge in [0.05, 0.1) is 34.7 Å². The summed E-state index contributed by atoms with van der Waals surface area (Å²) < 4.78 is 77.1. The first-order valence-electron chi connectivity index (χ1n) is 7.83. The Hall–Kier alpha value is -0.870. The summed E-state index contributed by atoms with van der Waals surface area (Å²) in [6, 6.07) is 2.08. The molecule has 0 spiro atoms. The smallest absolute Gasteiger partial charge is 0.349 e. The standard InChI is InChI=1S/C15H17ClF3NO4S/c16-12-5-4-10(9-11(12)15(17,18)19)25(21,22)20-6-2-1-3-13(20)14-23-7-8-24-14/h4-5,9,13-14H,1-3,6-8H2. The van der Waals surface area contributed by atoms with Gasteiger partial charge in [-0.1, -0.05) is 18.0 Å². The van der Waals surface area contributed by atoms with E-state index < -0.39 is 44.0 Å². The van der Waals surface area contributed by atoms with Crippen molar-refractivity contribution in [3.63, 3.8) is 0 Å². The van der Waals surface area contributed by atoms with Crippen molar-refractivity contribution in [3.05, 3.63) is 28.8 Å². The van der Waals surface area contributed by atoms with Crippen molar-refractivity contribution < 1.29 is 31.1 Å². The third-order valence-corrected chi connectivity index (χ3v) is 6.56. The number of benzene rings is 1. The van der Waals surface area contributed by atoms with Crippen LogP contribution in [0.5, 0.6) is 0 Å². The minimum absolute atomic E-state index is 0.209. The minimum atomic E-state index is -4.73. The van der Waals surface area contributed by atoms with Crippen molar-refractivity contribution in [2.75, 3.05) is 19.8 Å². The van der Waals surface area contributed by atoms with Gasteiger partial charge in [0.25, 0.3) is 0 Å². The van der Waals surface area contributed by atoms with E-state index in [1.54, 1.807) is 0 Å². The lowest BCUT2D eigenvalue weighted by atomic mass is 10.0. The van der Waals surface area contributed by atoms with Gasteiger partial charge in [0.2, 0.25) is 10.0 Å². The average molecular weight is 400 g/mol. The fraction of sp³-hybridized carbons (Fsp3) is 0.600. The first kappa shape index (κ1) is 18.9. The molecule has 5 nitrogen and oxygen atoms in total. The Kier molecular flexibility index (Phi) is 5.32. The van der Waals surface area contributed by atoms with Gasteiger partial charge in [0.15, 0.2) is 6.29 Å². The second-order valence-electron chi connectivity index (χ2n) is 5.93. The van der Waals surface area contributed by atoms with Gasteiger partial charge in [-0.3, -0.25) is 0 Å². The van der Waals surface area contributed by atoms with E-state index >= 15 is 0 Å². The molecule has 0 bridgehead atoms. The number of hydrogen-bond acceptors (Lipinski definition) is 4. The van der Waals surface area contributed by atoms with Crippen LogP contribution in [0.1, 0.15) is 24.8 Å². The number of alkyl halides is 3. The molecule has 2 heterocycles. The molecule has 10 heteroatoms. The lowest BCUT2D eigenvalue weighted by molar-refractivity contribution is -0.137. The highest BCUT2D eigenvalue weighted by molar-refractivity contribution is 7.89. The van der Waals surface area contributed by atoms with Crippen molar-refractivity contribution in [1.82, 2.24) is 4.31 Å². The van der Waals surface area contributed by atoms with Crippen molar-refractivity contribution in [3.8, 4) is 0 Å². The number of hydrogen-bond donors (Lipinski definition) is 0. The maximum atomic E-state index is 13.0. The summed E-state index contributed by atoms with van der Waals surface area (Å²) in [7, 11) is -4.13. The summed E-state index contributed by atoms with van der Waals surface area (Å²) in [5.74, 6) is 0. The van der Waals surface area contributed by atoms with E-state index in [-0.39, 0.29) is 6.54 Å². The maximum Gasteiger partial charge on any atom is 0.417 e. The molecule has 0 aliphatic carbocycles. The molecule has 1 atom stereocenters. The molecular formula is C15H17ClF3NO4S. The second-order valence-corrected chi connectivity index (χ2v) is 8.23. The number of piperidine rings is 1. The molecule has 1 unspecified atom stereocenters. The average Bonchev–Trinajstić information content (AvgIpc) is 3.08. The minimum Gasteiger partial charge on any atom is -0.349 e. The Bertz CT molecular complexity index is 735. The third-order valence-electron chi connectivity index (χ3n) is 4.31. The van der Waals surface area contributed by atoms with Crippen LogP contribution in [-0.2, 0) is 25.7 Å². The zero-order valence-electron chi connectivity index (χ0n) is 13.1. The lowest BCUT2D eigenvalue weighted by Gasteiger charge is -2.36. The van der Waals surface area contributed by atoms with Crippen LogP contribution in [0.25, 0.3) is 0 Å². The zero-order valence-corrected chi connectivity index (χ0v) is 14.7. The quantitative estimate of drug-likeness (QED) is 0.782. The Morgan fingerprint density at radius 3 is 2.48 bits per heavy atom.